The van der Waals surface area contributed by atoms with Crippen molar-refractivity contribution < 1.29 is 4.79 Å². The van der Waals surface area contributed by atoms with E-state index in [1.165, 1.54) is 0 Å². The standard InChI is InChI=1S/C14H15ClN4O/c15-12-3-1-11(2-4-12)14(20)18-9-5-13(6-10-18)19-16-7-8-17-19/h1-4,7-8,13H,5-6,9-10H2. The molecule has 1 aromatic carbocycles. The molecule has 3 rings (SSSR count). The zero-order valence-electron chi connectivity index (χ0n) is 10.9. The van der Waals surface area contributed by atoms with E-state index in [1.807, 2.05) is 4.90 Å². The Morgan fingerprint density at radius 1 is 1.10 bits per heavy atom. The molecule has 2 aromatic rings. The average molecular weight is 291 g/mol. The third-order valence-electron chi connectivity index (χ3n) is 3.61. The number of hydrogen-bond acceptors (Lipinski definition) is 3. The molecule has 0 aliphatic carbocycles. The Balaban J connectivity index is 1.63. The first kappa shape index (κ1) is 13.1. The van der Waals surface area contributed by atoms with Crippen LogP contribution in [0.4, 0.5) is 0 Å². The summed E-state index contributed by atoms with van der Waals surface area (Å²) in [5, 5.41) is 8.97. The molecule has 0 radical (unpaired) electrons. The van der Waals surface area contributed by atoms with E-state index < -0.39 is 0 Å². The maximum atomic E-state index is 12.3. The monoisotopic (exact) mass is 290 g/mol. The highest BCUT2D eigenvalue weighted by Crippen LogP contribution is 2.22. The second-order valence-corrected chi connectivity index (χ2v) is 5.32. The summed E-state index contributed by atoms with van der Waals surface area (Å²) in [4.78, 5) is 16.0. The van der Waals surface area contributed by atoms with Gasteiger partial charge in [-0.15, -0.1) is 0 Å². The van der Waals surface area contributed by atoms with E-state index in [0.29, 0.717) is 16.6 Å². The molecule has 1 amide bonds. The highest BCUT2D eigenvalue weighted by atomic mass is 35.5. The lowest BCUT2D eigenvalue weighted by Crippen LogP contribution is -2.39. The fourth-order valence-electron chi connectivity index (χ4n) is 2.49. The molecule has 0 spiro atoms. The van der Waals surface area contributed by atoms with Gasteiger partial charge in [-0.05, 0) is 37.1 Å². The second kappa shape index (κ2) is 5.63. The summed E-state index contributed by atoms with van der Waals surface area (Å²) < 4.78 is 0. The van der Waals surface area contributed by atoms with Crippen molar-refractivity contribution in [2.45, 2.75) is 18.9 Å². The molecule has 6 heteroatoms. The minimum atomic E-state index is 0.0635. The van der Waals surface area contributed by atoms with Crippen molar-refractivity contribution >= 4 is 17.5 Å². The Kier molecular flexibility index (Phi) is 3.69. The average Bonchev–Trinajstić information content (AvgIpc) is 3.02. The maximum absolute atomic E-state index is 12.3. The van der Waals surface area contributed by atoms with Gasteiger partial charge in [0.1, 0.15) is 0 Å². The number of halogens is 1. The molecule has 0 unspecified atom stereocenters. The van der Waals surface area contributed by atoms with Gasteiger partial charge < -0.3 is 4.90 Å². The number of likely N-dealkylation sites (tertiary alicyclic amines) is 1. The molecule has 1 aliphatic rings. The molecular formula is C14H15ClN4O. The summed E-state index contributed by atoms with van der Waals surface area (Å²) in [5.41, 5.74) is 0.685. The summed E-state index contributed by atoms with van der Waals surface area (Å²) in [6, 6.07) is 7.32. The lowest BCUT2D eigenvalue weighted by Gasteiger charge is -2.31. The number of benzene rings is 1. The van der Waals surface area contributed by atoms with Crippen LogP contribution in [-0.2, 0) is 0 Å². The fourth-order valence-corrected chi connectivity index (χ4v) is 2.62. The molecule has 0 atom stereocenters. The first-order valence-corrected chi connectivity index (χ1v) is 7.02. The van der Waals surface area contributed by atoms with E-state index in [2.05, 4.69) is 10.2 Å². The minimum absolute atomic E-state index is 0.0635. The molecule has 1 aliphatic heterocycles. The normalized spacial score (nSPS) is 16.4. The van der Waals surface area contributed by atoms with Crippen LogP contribution in [0.1, 0.15) is 29.2 Å². The molecule has 20 heavy (non-hydrogen) atoms. The van der Waals surface area contributed by atoms with Gasteiger partial charge in [0, 0.05) is 23.7 Å². The zero-order chi connectivity index (χ0) is 13.9. The first-order chi connectivity index (χ1) is 9.74. The van der Waals surface area contributed by atoms with Gasteiger partial charge in [-0.3, -0.25) is 4.79 Å². The lowest BCUT2D eigenvalue weighted by molar-refractivity contribution is 0.0684. The Labute approximate surface area is 122 Å². The molecule has 1 fully saturated rings. The van der Waals surface area contributed by atoms with Crippen molar-refractivity contribution in [3.8, 4) is 0 Å². The molecule has 0 N–H and O–H groups in total. The van der Waals surface area contributed by atoms with Crippen molar-refractivity contribution in [2.24, 2.45) is 0 Å². The third kappa shape index (κ3) is 2.67. The van der Waals surface area contributed by atoms with Crippen molar-refractivity contribution in [1.29, 1.82) is 0 Å². The Hall–Kier alpha value is -1.88. The molecular weight excluding hydrogens is 276 g/mol. The number of piperidine rings is 1. The summed E-state index contributed by atoms with van der Waals surface area (Å²) in [6.45, 7) is 1.46. The highest BCUT2D eigenvalue weighted by Gasteiger charge is 2.25. The summed E-state index contributed by atoms with van der Waals surface area (Å²) in [7, 11) is 0. The molecule has 1 aromatic heterocycles. The molecule has 0 bridgehead atoms. The van der Waals surface area contributed by atoms with Crippen molar-refractivity contribution in [2.75, 3.05) is 13.1 Å². The van der Waals surface area contributed by atoms with Gasteiger partial charge in [0.2, 0.25) is 0 Å². The summed E-state index contributed by atoms with van der Waals surface area (Å²) in [6.07, 6.45) is 5.14. The SMILES string of the molecule is O=C(c1ccc(Cl)cc1)N1CCC(n2nccn2)CC1. The van der Waals surface area contributed by atoms with Gasteiger partial charge >= 0.3 is 0 Å². The number of aromatic nitrogens is 3. The van der Waals surface area contributed by atoms with E-state index >= 15 is 0 Å². The maximum Gasteiger partial charge on any atom is 0.253 e. The summed E-state index contributed by atoms with van der Waals surface area (Å²) in [5.74, 6) is 0.0635. The smallest absolute Gasteiger partial charge is 0.253 e. The van der Waals surface area contributed by atoms with E-state index in [-0.39, 0.29) is 5.91 Å². The Morgan fingerprint density at radius 3 is 2.30 bits per heavy atom. The third-order valence-corrected chi connectivity index (χ3v) is 3.86. The number of carbonyl (C=O) groups excluding carboxylic acids is 1. The molecule has 2 heterocycles. The largest absolute Gasteiger partial charge is 0.338 e. The number of hydrogen-bond donors (Lipinski definition) is 0. The van der Waals surface area contributed by atoms with Crippen molar-refractivity contribution in [1.82, 2.24) is 19.9 Å². The fraction of sp³-hybridized carbons (Fsp3) is 0.357. The number of nitrogens with zero attached hydrogens (tertiary/aromatic N) is 4. The quantitative estimate of drug-likeness (QED) is 0.853. The van der Waals surface area contributed by atoms with Crippen LogP contribution in [0.15, 0.2) is 36.7 Å². The Morgan fingerprint density at radius 2 is 1.70 bits per heavy atom. The van der Waals surface area contributed by atoms with Gasteiger partial charge in [-0.2, -0.15) is 15.0 Å². The lowest BCUT2D eigenvalue weighted by atomic mass is 10.0. The minimum Gasteiger partial charge on any atom is -0.338 e. The van der Waals surface area contributed by atoms with Gasteiger partial charge in [0.05, 0.1) is 18.4 Å². The van der Waals surface area contributed by atoms with E-state index in [0.717, 1.165) is 25.9 Å². The van der Waals surface area contributed by atoms with E-state index in [4.69, 9.17) is 11.6 Å². The predicted octanol–water partition coefficient (Wildman–Crippen LogP) is 2.41. The van der Waals surface area contributed by atoms with Gasteiger partial charge in [0.15, 0.2) is 0 Å². The van der Waals surface area contributed by atoms with Gasteiger partial charge in [0.25, 0.3) is 5.91 Å². The van der Waals surface area contributed by atoms with E-state index in [9.17, 15) is 4.79 Å². The highest BCUT2D eigenvalue weighted by molar-refractivity contribution is 6.30. The van der Waals surface area contributed by atoms with E-state index in [1.54, 1.807) is 41.5 Å². The second-order valence-electron chi connectivity index (χ2n) is 4.88. The Bertz CT molecular complexity index is 574. The van der Waals surface area contributed by atoms with Crippen LogP contribution in [0.2, 0.25) is 5.02 Å². The molecule has 1 saturated heterocycles. The summed E-state index contributed by atoms with van der Waals surface area (Å²) >= 11 is 5.84. The molecule has 0 saturated carbocycles. The van der Waals surface area contributed by atoms with Crippen LogP contribution >= 0.6 is 11.6 Å². The van der Waals surface area contributed by atoms with Gasteiger partial charge in [-0.25, -0.2) is 0 Å². The number of amides is 1. The zero-order valence-corrected chi connectivity index (χ0v) is 11.7. The predicted molar refractivity (Wildman–Crippen MR) is 75.6 cm³/mol. The van der Waals surface area contributed by atoms with Crippen LogP contribution in [-0.4, -0.2) is 38.9 Å². The van der Waals surface area contributed by atoms with Gasteiger partial charge in [-0.1, -0.05) is 11.6 Å². The number of carbonyl (C=O) groups is 1. The molecule has 104 valence electrons. The molecule has 5 nitrogen and oxygen atoms in total. The van der Waals surface area contributed by atoms with Crippen molar-refractivity contribution in [3.63, 3.8) is 0 Å². The van der Waals surface area contributed by atoms with Crippen LogP contribution in [0.25, 0.3) is 0 Å². The first-order valence-electron chi connectivity index (χ1n) is 6.64. The number of rotatable bonds is 2. The van der Waals surface area contributed by atoms with Crippen LogP contribution in [0.3, 0.4) is 0 Å². The van der Waals surface area contributed by atoms with Crippen LogP contribution < -0.4 is 0 Å². The van der Waals surface area contributed by atoms with Crippen molar-refractivity contribution in [3.05, 3.63) is 47.2 Å². The topological polar surface area (TPSA) is 51.0 Å². The van der Waals surface area contributed by atoms with Crippen LogP contribution in [0, 0.1) is 0 Å². The van der Waals surface area contributed by atoms with Crippen LogP contribution in [0.5, 0.6) is 0 Å².